The topological polar surface area (TPSA) is 83.9 Å². The monoisotopic (exact) mass is 449 g/mol. The second-order valence-electron chi connectivity index (χ2n) is 10.3. The molecule has 2 aromatic rings. The Labute approximate surface area is 194 Å². The largest absolute Gasteiger partial charge is 0.503 e. The van der Waals surface area contributed by atoms with Gasteiger partial charge in [0.1, 0.15) is 0 Å². The zero-order valence-electron chi connectivity index (χ0n) is 20.2. The highest BCUT2D eigenvalue weighted by Gasteiger charge is 2.46. The van der Waals surface area contributed by atoms with Crippen molar-refractivity contribution in [2.24, 2.45) is 5.41 Å². The lowest BCUT2D eigenvalue weighted by molar-refractivity contribution is -0.123. The highest BCUT2D eigenvalue weighted by molar-refractivity contribution is 6.17. The van der Waals surface area contributed by atoms with E-state index in [9.17, 15) is 19.5 Å². The summed E-state index contributed by atoms with van der Waals surface area (Å²) in [6.07, 6.45) is 0. The fourth-order valence-corrected chi connectivity index (χ4v) is 3.89. The van der Waals surface area contributed by atoms with E-state index < -0.39 is 29.1 Å². The predicted molar refractivity (Wildman–Crippen MR) is 127 cm³/mol. The van der Waals surface area contributed by atoms with Gasteiger partial charge in [-0.2, -0.15) is 0 Å². The maximum Gasteiger partial charge on any atom is 0.337 e. The van der Waals surface area contributed by atoms with E-state index in [1.807, 2.05) is 24.3 Å². The molecule has 0 saturated carbocycles. The molecule has 1 aliphatic heterocycles. The van der Waals surface area contributed by atoms with Crippen LogP contribution in [0.5, 0.6) is 0 Å². The number of carbonyl (C=O) groups excluding carboxylic acids is 3. The molecule has 3 rings (SSSR count). The van der Waals surface area contributed by atoms with Gasteiger partial charge in [0.15, 0.2) is 11.5 Å². The number of hydrogen-bond donors (Lipinski definition) is 1. The fourth-order valence-electron chi connectivity index (χ4n) is 3.89. The van der Waals surface area contributed by atoms with Gasteiger partial charge in [-0.05, 0) is 34.7 Å². The second-order valence-corrected chi connectivity index (χ2v) is 10.3. The molecule has 0 fully saturated rings. The number of aliphatic hydroxyl groups excluding tert-OH is 1. The minimum atomic E-state index is -0.828. The molecule has 0 bridgehead atoms. The molecule has 1 heterocycles. The van der Waals surface area contributed by atoms with E-state index in [-0.39, 0.29) is 22.3 Å². The number of ketones is 1. The molecule has 0 radical (unpaired) electrons. The number of anilines is 1. The van der Waals surface area contributed by atoms with Crippen molar-refractivity contribution in [3.05, 3.63) is 76.6 Å². The predicted octanol–water partition coefficient (Wildman–Crippen LogP) is 5.29. The third kappa shape index (κ3) is 4.56. The van der Waals surface area contributed by atoms with Crippen LogP contribution in [0.3, 0.4) is 0 Å². The number of ether oxygens (including phenoxy) is 1. The first-order valence-corrected chi connectivity index (χ1v) is 10.9. The maximum absolute atomic E-state index is 13.4. The summed E-state index contributed by atoms with van der Waals surface area (Å²) >= 11 is 0. The van der Waals surface area contributed by atoms with Crippen molar-refractivity contribution >= 4 is 23.3 Å². The number of esters is 1. The van der Waals surface area contributed by atoms with Crippen molar-refractivity contribution in [2.45, 2.75) is 53.0 Å². The Hall–Kier alpha value is -3.41. The van der Waals surface area contributed by atoms with Crippen LogP contribution in [-0.4, -0.2) is 29.9 Å². The Morgan fingerprint density at radius 2 is 1.58 bits per heavy atom. The van der Waals surface area contributed by atoms with Crippen LogP contribution in [0.15, 0.2) is 59.9 Å². The summed E-state index contributed by atoms with van der Waals surface area (Å²) in [5, 5.41) is 10.8. The summed E-state index contributed by atoms with van der Waals surface area (Å²) in [4.78, 5) is 40.1. The summed E-state index contributed by atoms with van der Waals surface area (Å²) in [5.74, 6) is -2.11. The van der Waals surface area contributed by atoms with Crippen LogP contribution in [0.4, 0.5) is 5.69 Å². The average molecular weight is 450 g/mol. The maximum atomic E-state index is 13.4. The molecule has 0 aliphatic carbocycles. The molecule has 1 amide bonds. The summed E-state index contributed by atoms with van der Waals surface area (Å²) < 4.78 is 4.81. The van der Waals surface area contributed by atoms with Crippen molar-refractivity contribution < 1.29 is 24.2 Å². The highest BCUT2D eigenvalue weighted by atomic mass is 16.5. The Morgan fingerprint density at radius 3 is 2.09 bits per heavy atom. The van der Waals surface area contributed by atoms with Gasteiger partial charge in [-0.1, -0.05) is 71.9 Å². The van der Waals surface area contributed by atoms with E-state index in [1.54, 1.807) is 39.0 Å². The first-order chi connectivity index (χ1) is 15.3. The molecule has 1 aliphatic rings. The lowest BCUT2D eigenvalue weighted by Gasteiger charge is -2.29. The van der Waals surface area contributed by atoms with Gasteiger partial charge in [-0.15, -0.1) is 0 Å². The Kier molecular flexibility index (Phi) is 6.25. The number of nitrogens with zero attached hydrogens (tertiary/aromatic N) is 1. The molecular formula is C27H31NO5. The Morgan fingerprint density at radius 1 is 0.970 bits per heavy atom. The highest BCUT2D eigenvalue weighted by Crippen LogP contribution is 2.43. The molecule has 174 valence electrons. The number of hydrogen-bond acceptors (Lipinski definition) is 5. The zero-order chi connectivity index (χ0) is 24.7. The molecule has 1 N–H and O–H groups in total. The number of benzene rings is 2. The van der Waals surface area contributed by atoms with Gasteiger partial charge < -0.3 is 9.84 Å². The van der Waals surface area contributed by atoms with E-state index in [4.69, 9.17) is 4.74 Å². The van der Waals surface area contributed by atoms with Gasteiger partial charge in [-0.3, -0.25) is 14.5 Å². The minimum Gasteiger partial charge on any atom is -0.503 e. The molecule has 1 atom stereocenters. The molecule has 6 nitrogen and oxygen atoms in total. The van der Waals surface area contributed by atoms with E-state index in [0.29, 0.717) is 11.3 Å². The summed E-state index contributed by atoms with van der Waals surface area (Å²) in [5.41, 5.74) is 1.62. The van der Waals surface area contributed by atoms with Gasteiger partial charge in [-0.25, -0.2) is 4.79 Å². The summed E-state index contributed by atoms with van der Waals surface area (Å²) in [6, 6.07) is 13.3. The van der Waals surface area contributed by atoms with Crippen LogP contribution in [-0.2, 0) is 19.7 Å². The number of rotatable bonds is 4. The smallest absolute Gasteiger partial charge is 0.337 e. The molecule has 0 saturated heterocycles. The standard InChI is InChI=1S/C27H31NO5/c1-26(2,3)18-13-11-16(12-14-18)21-20(23(30)27(4,5)6)22(29)24(31)28(21)19-10-8-9-17(15-19)25(32)33-7/h8-15,21,29H,1-7H3. The van der Waals surface area contributed by atoms with Crippen LogP contribution in [0.25, 0.3) is 0 Å². The molecule has 2 aromatic carbocycles. The Balaban J connectivity index is 2.20. The summed E-state index contributed by atoms with van der Waals surface area (Å²) in [6.45, 7) is 11.6. The normalized spacial score (nSPS) is 16.9. The van der Waals surface area contributed by atoms with Crippen molar-refractivity contribution in [3.8, 4) is 0 Å². The van der Waals surface area contributed by atoms with Crippen LogP contribution in [0, 0.1) is 5.41 Å². The van der Waals surface area contributed by atoms with Crippen LogP contribution < -0.4 is 4.90 Å². The molecule has 1 unspecified atom stereocenters. The molecular weight excluding hydrogens is 418 g/mol. The Bertz CT molecular complexity index is 1130. The van der Waals surface area contributed by atoms with E-state index in [2.05, 4.69) is 20.8 Å². The van der Waals surface area contributed by atoms with Crippen molar-refractivity contribution in [3.63, 3.8) is 0 Å². The fraction of sp³-hybridized carbons (Fsp3) is 0.370. The van der Waals surface area contributed by atoms with E-state index in [1.165, 1.54) is 18.1 Å². The van der Waals surface area contributed by atoms with Crippen LogP contribution in [0.1, 0.15) is 69.1 Å². The minimum absolute atomic E-state index is 0.0551. The number of carbonyl (C=O) groups is 3. The van der Waals surface area contributed by atoms with Gasteiger partial charge in [0, 0.05) is 11.1 Å². The van der Waals surface area contributed by atoms with E-state index in [0.717, 1.165) is 5.56 Å². The first-order valence-electron chi connectivity index (χ1n) is 10.9. The third-order valence-electron chi connectivity index (χ3n) is 5.77. The lowest BCUT2D eigenvalue weighted by Crippen LogP contribution is -2.33. The zero-order valence-corrected chi connectivity index (χ0v) is 20.2. The SMILES string of the molecule is COC(=O)c1cccc(N2C(=O)C(O)=C(C(=O)C(C)(C)C)C2c2ccc(C(C)(C)C)cc2)c1. The molecule has 33 heavy (non-hydrogen) atoms. The van der Waals surface area contributed by atoms with Crippen LogP contribution >= 0.6 is 0 Å². The second kappa shape index (κ2) is 8.50. The van der Waals surface area contributed by atoms with Gasteiger partial charge in [0.25, 0.3) is 5.91 Å². The first kappa shape index (κ1) is 24.2. The number of amides is 1. The number of methoxy groups -OCH3 is 1. The number of Topliss-reactive ketones (excluding diaryl/α,β-unsaturated/α-hetero) is 1. The molecule has 0 aromatic heterocycles. The molecule has 0 spiro atoms. The summed E-state index contributed by atoms with van der Waals surface area (Å²) in [7, 11) is 1.28. The third-order valence-corrected chi connectivity index (χ3v) is 5.77. The van der Waals surface area contributed by atoms with Gasteiger partial charge in [0.05, 0.1) is 24.3 Å². The average Bonchev–Trinajstić information content (AvgIpc) is 3.02. The quantitative estimate of drug-likeness (QED) is 0.642. The number of aliphatic hydroxyl groups is 1. The van der Waals surface area contributed by atoms with Gasteiger partial charge >= 0.3 is 5.97 Å². The van der Waals surface area contributed by atoms with Gasteiger partial charge in [0.2, 0.25) is 0 Å². The van der Waals surface area contributed by atoms with Crippen molar-refractivity contribution in [1.29, 1.82) is 0 Å². The lowest BCUT2D eigenvalue weighted by atomic mass is 9.81. The van der Waals surface area contributed by atoms with E-state index >= 15 is 0 Å². The molecule has 6 heteroatoms. The van der Waals surface area contributed by atoms with Crippen LogP contribution in [0.2, 0.25) is 0 Å². The van der Waals surface area contributed by atoms with Crippen molar-refractivity contribution in [1.82, 2.24) is 0 Å². The van der Waals surface area contributed by atoms with Crippen molar-refractivity contribution in [2.75, 3.05) is 12.0 Å².